The molecule has 2 N–H and O–H groups in total. The Bertz CT molecular complexity index is 471. The second-order valence-electron chi connectivity index (χ2n) is 3.47. The zero-order valence-electron chi connectivity index (χ0n) is 8.08. The lowest BCUT2D eigenvalue weighted by molar-refractivity contribution is -0.116. The number of benzene rings is 1. The molecule has 1 aliphatic rings. The largest absolute Gasteiger partial charge is 0.351 e. The summed E-state index contributed by atoms with van der Waals surface area (Å²) < 4.78 is 0. The van der Waals surface area contributed by atoms with Crippen LogP contribution in [0.2, 0.25) is 5.02 Å². The average molecular weight is 225 g/mol. The number of aryl methyl sites for hydroxylation is 1. The van der Waals surface area contributed by atoms with Gasteiger partial charge in [-0.15, -0.1) is 0 Å². The Balaban J connectivity index is 2.59. The molecule has 5 heteroatoms. The van der Waals surface area contributed by atoms with Crippen LogP contribution in [0.15, 0.2) is 12.1 Å². The lowest BCUT2D eigenvalue weighted by atomic mass is 10.1. The summed E-state index contributed by atoms with van der Waals surface area (Å²) in [6.07, 6.45) is 0.205. The molecule has 2 rings (SSSR count). The molecule has 0 atom stereocenters. The SMILES string of the molecule is Cc1cc2c(cc1Cl)N(C(N)=O)C(=O)C2. The van der Waals surface area contributed by atoms with E-state index in [1.165, 1.54) is 0 Å². The first kappa shape index (κ1) is 9.98. The molecule has 0 aromatic heterocycles. The zero-order valence-corrected chi connectivity index (χ0v) is 8.84. The van der Waals surface area contributed by atoms with Gasteiger partial charge in [0, 0.05) is 5.02 Å². The molecule has 78 valence electrons. The van der Waals surface area contributed by atoms with Gasteiger partial charge in [-0.25, -0.2) is 9.69 Å². The summed E-state index contributed by atoms with van der Waals surface area (Å²) in [4.78, 5) is 23.5. The number of imide groups is 1. The fraction of sp³-hybridized carbons (Fsp3) is 0.200. The summed E-state index contributed by atoms with van der Waals surface area (Å²) in [7, 11) is 0. The molecule has 1 aromatic rings. The Morgan fingerprint density at radius 2 is 2.20 bits per heavy atom. The highest BCUT2D eigenvalue weighted by Crippen LogP contribution is 2.33. The molecule has 0 spiro atoms. The fourth-order valence-corrected chi connectivity index (χ4v) is 1.86. The zero-order chi connectivity index (χ0) is 11.2. The molecule has 1 aliphatic heterocycles. The Morgan fingerprint density at radius 1 is 1.53 bits per heavy atom. The summed E-state index contributed by atoms with van der Waals surface area (Å²) in [6.45, 7) is 1.85. The number of fused-ring (bicyclic) bond motifs is 1. The van der Waals surface area contributed by atoms with E-state index in [1.807, 2.05) is 6.92 Å². The van der Waals surface area contributed by atoms with Gasteiger partial charge in [0.25, 0.3) is 0 Å². The Labute approximate surface area is 91.6 Å². The van der Waals surface area contributed by atoms with E-state index >= 15 is 0 Å². The number of rotatable bonds is 0. The number of nitrogens with two attached hydrogens (primary N) is 1. The van der Waals surface area contributed by atoms with Crippen molar-refractivity contribution in [1.82, 2.24) is 0 Å². The molecule has 0 saturated carbocycles. The standard InChI is InChI=1S/C10H9ClN2O2/c1-5-2-6-3-9(14)13(10(12)15)8(6)4-7(5)11/h2,4H,3H2,1H3,(H2,12,15). The van der Waals surface area contributed by atoms with E-state index in [4.69, 9.17) is 17.3 Å². The number of urea groups is 1. The Hall–Kier alpha value is -1.55. The van der Waals surface area contributed by atoms with Crippen molar-refractivity contribution in [3.63, 3.8) is 0 Å². The van der Waals surface area contributed by atoms with Crippen LogP contribution < -0.4 is 10.6 Å². The quantitative estimate of drug-likeness (QED) is 0.728. The van der Waals surface area contributed by atoms with Crippen LogP contribution in [-0.2, 0) is 11.2 Å². The van der Waals surface area contributed by atoms with Gasteiger partial charge in [0.05, 0.1) is 12.1 Å². The monoisotopic (exact) mass is 224 g/mol. The molecule has 0 unspecified atom stereocenters. The molecular weight excluding hydrogens is 216 g/mol. The number of primary amides is 1. The Kier molecular flexibility index (Phi) is 2.16. The highest BCUT2D eigenvalue weighted by molar-refractivity contribution is 6.32. The summed E-state index contributed by atoms with van der Waals surface area (Å²) in [5.74, 6) is -0.306. The van der Waals surface area contributed by atoms with Gasteiger partial charge in [-0.3, -0.25) is 4.79 Å². The van der Waals surface area contributed by atoms with E-state index in [-0.39, 0.29) is 12.3 Å². The molecule has 1 aromatic carbocycles. The normalized spacial score (nSPS) is 14.3. The van der Waals surface area contributed by atoms with Gasteiger partial charge in [-0.1, -0.05) is 17.7 Å². The predicted molar refractivity (Wildman–Crippen MR) is 57.0 cm³/mol. The smallest absolute Gasteiger partial charge is 0.326 e. The van der Waals surface area contributed by atoms with Gasteiger partial charge in [-0.05, 0) is 24.1 Å². The number of halogens is 1. The molecule has 4 nitrogen and oxygen atoms in total. The number of hydrogen-bond acceptors (Lipinski definition) is 2. The topological polar surface area (TPSA) is 63.4 Å². The second kappa shape index (κ2) is 3.24. The van der Waals surface area contributed by atoms with Gasteiger partial charge < -0.3 is 5.73 Å². The fourth-order valence-electron chi connectivity index (χ4n) is 1.70. The molecule has 0 bridgehead atoms. The average Bonchev–Trinajstić information content (AvgIpc) is 2.41. The van der Waals surface area contributed by atoms with E-state index in [1.54, 1.807) is 12.1 Å². The second-order valence-corrected chi connectivity index (χ2v) is 3.88. The molecule has 0 radical (unpaired) electrons. The maximum absolute atomic E-state index is 11.5. The van der Waals surface area contributed by atoms with E-state index in [9.17, 15) is 9.59 Å². The molecule has 1 heterocycles. The van der Waals surface area contributed by atoms with Crippen LogP contribution >= 0.6 is 11.6 Å². The van der Waals surface area contributed by atoms with Crippen molar-refractivity contribution in [2.75, 3.05) is 4.90 Å². The maximum Gasteiger partial charge on any atom is 0.326 e. The molecule has 3 amide bonds. The van der Waals surface area contributed by atoms with Crippen molar-refractivity contribution in [3.8, 4) is 0 Å². The minimum atomic E-state index is -0.765. The van der Waals surface area contributed by atoms with Gasteiger partial charge in [0.2, 0.25) is 5.91 Å². The lowest BCUT2D eigenvalue weighted by Gasteiger charge is -2.12. The third-order valence-electron chi connectivity index (χ3n) is 2.41. The number of hydrogen-bond donors (Lipinski definition) is 1. The lowest BCUT2D eigenvalue weighted by Crippen LogP contribution is -2.38. The third-order valence-corrected chi connectivity index (χ3v) is 2.82. The summed E-state index contributed by atoms with van der Waals surface area (Å²) in [6, 6.07) is 2.64. The van der Waals surface area contributed by atoms with Gasteiger partial charge >= 0.3 is 6.03 Å². The predicted octanol–water partition coefficient (Wildman–Crippen LogP) is 1.62. The molecule has 0 saturated heterocycles. The van der Waals surface area contributed by atoms with Crippen LogP contribution in [0.3, 0.4) is 0 Å². The molecular formula is C10H9ClN2O2. The van der Waals surface area contributed by atoms with Crippen LogP contribution in [0, 0.1) is 6.92 Å². The number of carbonyl (C=O) groups is 2. The van der Waals surface area contributed by atoms with E-state index in [0.29, 0.717) is 10.7 Å². The maximum atomic E-state index is 11.5. The van der Waals surface area contributed by atoms with Crippen LogP contribution in [0.4, 0.5) is 10.5 Å². The van der Waals surface area contributed by atoms with Crippen molar-refractivity contribution in [2.45, 2.75) is 13.3 Å². The highest BCUT2D eigenvalue weighted by Gasteiger charge is 2.31. The molecule has 0 aliphatic carbocycles. The van der Waals surface area contributed by atoms with Crippen molar-refractivity contribution in [2.24, 2.45) is 5.73 Å². The van der Waals surface area contributed by atoms with Crippen molar-refractivity contribution >= 4 is 29.2 Å². The first-order valence-corrected chi connectivity index (χ1v) is 4.80. The van der Waals surface area contributed by atoms with Crippen LogP contribution in [0.1, 0.15) is 11.1 Å². The Morgan fingerprint density at radius 3 is 2.80 bits per heavy atom. The van der Waals surface area contributed by atoms with E-state index in [2.05, 4.69) is 0 Å². The number of nitrogens with zero attached hydrogens (tertiary/aromatic N) is 1. The van der Waals surface area contributed by atoms with Crippen molar-refractivity contribution < 1.29 is 9.59 Å². The van der Waals surface area contributed by atoms with E-state index in [0.717, 1.165) is 16.0 Å². The minimum absolute atomic E-state index is 0.205. The van der Waals surface area contributed by atoms with Gasteiger partial charge in [0.1, 0.15) is 0 Å². The van der Waals surface area contributed by atoms with Gasteiger partial charge in [-0.2, -0.15) is 0 Å². The van der Waals surface area contributed by atoms with Crippen LogP contribution in [0.5, 0.6) is 0 Å². The first-order chi connectivity index (χ1) is 7.00. The first-order valence-electron chi connectivity index (χ1n) is 4.42. The van der Waals surface area contributed by atoms with Crippen molar-refractivity contribution in [3.05, 3.63) is 28.3 Å². The molecule has 0 fully saturated rings. The minimum Gasteiger partial charge on any atom is -0.351 e. The summed E-state index contributed by atoms with van der Waals surface area (Å²) in [5.41, 5.74) is 7.29. The van der Waals surface area contributed by atoms with Gasteiger partial charge in [0.15, 0.2) is 0 Å². The van der Waals surface area contributed by atoms with E-state index < -0.39 is 6.03 Å². The number of carbonyl (C=O) groups excluding carboxylic acids is 2. The number of amides is 3. The number of anilines is 1. The molecule has 15 heavy (non-hydrogen) atoms. The highest BCUT2D eigenvalue weighted by atomic mass is 35.5. The summed E-state index contributed by atoms with van der Waals surface area (Å²) in [5, 5.41) is 0.523. The van der Waals surface area contributed by atoms with Crippen molar-refractivity contribution in [1.29, 1.82) is 0 Å². The van der Waals surface area contributed by atoms with Crippen LogP contribution in [-0.4, -0.2) is 11.9 Å². The third kappa shape index (κ3) is 1.47. The van der Waals surface area contributed by atoms with Crippen LogP contribution in [0.25, 0.3) is 0 Å². The summed E-state index contributed by atoms with van der Waals surface area (Å²) >= 11 is 5.92.